The van der Waals surface area contributed by atoms with Crippen LogP contribution in [-0.4, -0.2) is 53.3 Å². The Morgan fingerprint density at radius 3 is 2.73 bits per heavy atom. The van der Waals surface area contributed by atoms with Gasteiger partial charge in [0, 0.05) is 25.2 Å². The first-order valence-corrected chi connectivity index (χ1v) is 9.80. The number of likely N-dealkylation sites (tertiary alicyclic amines) is 1. The van der Waals surface area contributed by atoms with Crippen LogP contribution < -0.4 is 5.32 Å². The number of hydrogen-bond acceptors (Lipinski definition) is 4. The highest BCUT2D eigenvalue weighted by Crippen LogP contribution is 2.24. The van der Waals surface area contributed by atoms with Gasteiger partial charge in [-0.15, -0.1) is 0 Å². The minimum atomic E-state index is -0.394. The molecule has 0 saturated carbocycles. The van der Waals surface area contributed by atoms with Crippen molar-refractivity contribution in [3.8, 4) is 0 Å². The second kappa shape index (κ2) is 7.91. The highest BCUT2D eigenvalue weighted by atomic mass is 32.2. The first kappa shape index (κ1) is 17.9. The molecule has 5 heteroatoms. The van der Waals surface area contributed by atoms with Crippen molar-refractivity contribution in [2.24, 2.45) is 5.92 Å². The van der Waals surface area contributed by atoms with Crippen LogP contribution in [0.25, 0.3) is 0 Å². The summed E-state index contributed by atoms with van der Waals surface area (Å²) in [6, 6.07) is 1.23. The topological polar surface area (TPSA) is 41.6 Å². The van der Waals surface area contributed by atoms with Gasteiger partial charge in [-0.25, -0.2) is 4.79 Å². The van der Waals surface area contributed by atoms with E-state index in [1.807, 2.05) is 25.7 Å². The second-order valence-electron chi connectivity index (χ2n) is 7.79. The number of nitrogens with zero attached hydrogens (tertiary/aromatic N) is 1. The van der Waals surface area contributed by atoms with Crippen LogP contribution in [0.5, 0.6) is 0 Å². The van der Waals surface area contributed by atoms with Crippen LogP contribution in [0.2, 0.25) is 0 Å². The molecular weight excluding hydrogens is 296 g/mol. The van der Waals surface area contributed by atoms with Gasteiger partial charge in [-0.2, -0.15) is 11.8 Å². The maximum Gasteiger partial charge on any atom is 0.410 e. The fourth-order valence-electron chi connectivity index (χ4n) is 3.24. The van der Waals surface area contributed by atoms with Gasteiger partial charge in [-0.1, -0.05) is 0 Å². The highest BCUT2D eigenvalue weighted by molar-refractivity contribution is 7.99. The maximum absolute atomic E-state index is 11.9. The second-order valence-corrected chi connectivity index (χ2v) is 9.02. The third-order valence-electron chi connectivity index (χ3n) is 4.27. The standard InChI is InChI=1S/C17H32N2O2S/c1-13(18-15-6-5-8-22-9-7-15)10-14-11-19(12-14)16(20)21-17(2,3)4/h13-15,18H,5-12H2,1-4H3. The van der Waals surface area contributed by atoms with Crippen LogP contribution in [0, 0.1) is 5.92 Å². The molecule has 4 nitrogen and oxygen atoms in total. The predicted octanol–water partition coefficient (Wildman–Crippen LogP) is 3.51. The minimum absolute atomic E-state index is 0.162. The van der Waals surface area contributed by atoms with E-state index in [0.717, 1.165) is 19.5 Å². The van der Waals surface area contributed by atoms with Crippen molar-refractivity contribution in [2.75, 3.05) is 24.6 Å². The van der Waals surface area contributed by atoms with Crippen LogP contribution in [0.15, 0.2) is 0 Å². The third kappa shape index (κ3) is 5.99. The van der Waals surface area contributed by atoms with Crippen molar-refractivity contribution in [3.63, 3.8) is 0 Å². The number of amides is 1. The van der Waals surface area contributed by atoms with Crippen molar-refractivity contribution < 1.29 is 9.53 Å². The molecule has 0 aliphatic carbocycles. The molecule has 0 aromatic carbocycles. The molecule has 2 saturated heterocycles. The Hall–Kier alpha value is -0.420. The third-order valence-corrected chi connectivity index (χ3v) is 5.37. The van der Waals surface area contributed by atoms with E-state index >= 15 is 0 Å². The molecule has 2 aliphatic heterocycles. The average molecular weight is 329 g/mol. The summed E-state index contributed by atoms with van der Waals surface area (Å²) in [5, 5.41) is 3.79. The van der Waals surface area contributed by atoms with Crippen LogP contribution in [0.3, 0.4) is 0 Å². The number of carbonyl (C=O) groups excluding carboxylic acids is 1. The van der Waals surface area contributed by atoms with Gasteiger partial charge in [0.05, 0.1) is 0 Å². The molecule has 2 fully saturated rings. The van der Waals surface area contributed by atoms with Gasteiger partial charge in [0.2, 0.25) is 0 Å². The lowest BCUT2D eigenvalue weighted by molar-refractivity contribution is -0.00347. The van der Waals surface area contributed by atoms with Crippen molar-refractivity contribution >= 4 is 17.9 Å². The maximum atomic E-state index is 11.9. The van der Waals surface area contributed by atoms with Crippen molar-refractivity contribution in [2.45, 2.75) is 71.1 Å². The van der Waals surface area contributed by atoms with Crippen LogP contribution >= 0.6 is 11.8 Å². The number of carbonyl (C=O) groups is 1. The zero-order chi connectivity index (χ0) is 16.2. The predicted molar refractivity (Wildman–Crippen MR) is 93.5 cm³/mol. The van der Waals surface area contributed by atoms with Crippen LogP contribution in [0.1, 0.15) is 53.4 Å². The lowest BCUT2D eigenvalue weighted by Crippen LogP contribution is -2.53. The Balaban J connectivity index is 1.63. The molecule has 0 spiro atoms. The van der Waals surface area contributed by atoms with E-state index in [1.54, 1.807) is 0 Å². The molecule has 2 aliphatic rings. The van der Waals surface area contributed by atoms with Gasteiger partial charge in [-0.05, 0) is 70.8 Å². The summed E-state index contributed by atoms with van der Waals surface area (Å²) in [7, 11) is 0. The molecular formula is C17H32N2O2S. The SMILES string of the molecule is CC(CC1CN(C(=O)OC(C)(C)C)C1)NC1CCCSCC1. The monoisotopic (exact) mass is 328 g/mol. The van der Waals surface area contributed by atoms with E-state index in [0.29, 0.717) is 18.0 Å². The van der Waals surface area contributed by atoms with E-state index in [2.05, 4.69) is 24.0 Å². The van der Waals surface area contributed by atoms with Gasteiger partial charge in [0.1, 0.15) is 5.60 Å². The van der Waals surface area contributed by atoms with Gasteiger partial charge >= 0.3 is 6.09 Å². The molecule has 0 radical (unpaired) electrons. The molecule has 0 aromatic heterocycles. The molecule has 2 unspecified atom stereocenters. The molecule has 2 heterocycles. The molecule has 1 N–H and O–H groups in total. The van der Waals surface area contributed by atoms with E-state index in [9.17, 15) is 4.79 Å². The number of rotatable bonds is 4. The van der Waals surface area contributed by atoms with Crippen molar-refractivity contribution in [3.05, 3.63) is 0 Å². The van der Waals surface area contributed by atoms with Crippen LogP contribution in [-0.2, 0) is 4.74 Å². The van der Waals surface area contributed by atoms with Crippen molar-refractivity contribution in [1.29, 1.82) is 0 Å². The summed E-state index contributed by atoms with van der Waals surface area (Å²) in [5.41, 5.74) is -0.394. The Bertz CT molecular complexity index is 356. The summed E-state index contributed by atoms with van der Waals surface area (Å²) in [4.78, 5) is 13.7. The molecule has 2 atom stereocenters. The number of ether oxygens (including phenoxy) is 1. The van der Waals surface area contributed by atoms with E-state index < -0.39 is 5.60 Å². The quantitative estimate of drug-likeness (QED) is 0.857. The number of thioether (sulfide) groups is 1. The summed E-state index contributed by atoms with van der Waals surface area (Å²) in [6.45, 7) is 9.73. The summed E-state index contributed by atoms with van der Waals surface area (Å²) >= 11 is 2.09. The zero-order valence-electron chi connectivity index (χ0n) is 14.6. The first-order chi connectivity index (χ1) is 10.3. The van der Waals surface area contributed by atoms with Gasteiger partial charge in [-0.3, -0.25) is 0 Å². The molecule has 0 bridgehead atoms. The van der Waals surface area contributed by atoms with Gasteiger partial charge in [0.15, 0.2) is 0 Å². The Morgan fingerprint density at radius 1 is 1.32 bits per heavy atom. The molecule has 1 amide bonds. The number of hydrogen-bond donors (Lipinski definition) is 1. The zero-order valence-corrected chi connectivity index (χ0v) is 15.4. The fourth-order valence-corrected chi connectivity index (χ4v) is 4.26. The van der Waals surface area contributed by atoms with E-state index in [-0.39, 0.29) is 6.09 Å². The lowest BCUT2D eigenvalue weighted by atomic mass is 9.92. The molecule has 2 rings (SSSR count). The highest BCUT2D eigenvalue weighted by Gasteiger charge is 2.34. The average Bonchev–Trinajstić information content (AvgIpc) is 2.59. The van der Waals surface area contributed by atoms with Gasteiger partial charge < -0.3 is 15.0 Å². The molecule has 0 aromatic rings. The first-order valence-electron chi connectivity index (χ1n) is 8.65. The Morgan fingerprint density at radius 2 is 2.05 bits per heavy atom. The Kier molecular flexibility index (Phi) is 6.45. The van der Waals surface area contributed by atoms with E-state index in [4.69, 9.17) is 4.74 Å². The fraction of sp³-hybridized carbons (Fsp3) is 0.941. The van der Waals surface area contributed by atoms with Crippen molar-refractivity contribution in [1.82, 2.24) is 10.2 Å². The largest absolute Gasteiger partial charge is 0.444 e. The summed E-state index contributed by atoms with van der Waals surface area (Å²) < 4.78 is 5.40. The number of nitrogens with one attached hydrogen (secondary N) is 1. The molecule has 128 valence electrons. The minimum Gasteiger partial charge on any atom is -0.444 e. The lowest BCUT2D eigenvalue weighted by Gasteiger charge is -2.41. The smallest absolute Gasteiger partial charge is 0.410 e. The summed E-state index contributed by atoms with van der Waals surface area (Å²) in [5.74, 6) is 3.23. The Labute approximate surface area is 139 Å². The van der Waals surface area contributed by atoms with E-state index in [1.165, 1.54) is 30.8 Å². The normalized spacial score (nSPS) is 25.3. The molecule has 22 heavy (non-hydrogen) atoms. The van der Waals surface area contributed by atoms with Gasteiger partial charge in [0.25, 0.3) is 0 Å². The van der Waals surface area contributed by atoms with Crippen LogP contribution in [0.4, 0.5) is 4.79 Å². The summed E-state index contributed by atoms with van der Waals surface area (Å²) in [6.07, 6.45) is 4.94.